The molecular weight excluding hydrogens is 1300 g/mol. The first-order valence-electron chi connectivity index (χ1n) is 31.6. The molecule has 0 atom stereocenters. The van der Waals surface area contributed by atoms with Crippen molar-refractivity contribution in [1.82, 2.24) is 0 Å². The Bertz CT molecular complexity index is 3990. The second-order valence-corrected chi connectivity index (χ2v) is 38.2. The van der Waals surface area contributed by atoms with Crippen molar-refractivity contribution in [2.24, 2.45) is 0 Å². The first kappa shape index (κ1) is 64.9. The van der Waals surface area contributed by atoms with Gasteiger partial charge in [0.1, 0.15) is 0 Å². The fourth-order valence-corrected chi connectivity index (χ4v) is 27.3. The Morgan fingerprint density at radius 2 is 0.355 bits per heavy atom. The molecule has 0 spiro atoms. The Hall–Kier alpha value is -8.20. The average Bonchev–Trinajstić information content (AvgIpc) is 0.733. The van der Waals surface area contributed by atoms with Crippen LogP contribution in [0.4, 0.5) is 0 Å². The van der Waals surface area contributed by atoms with Gasteiger partial charge in [0.05, 0.1) is 0 Å². The molecule has 0 heterocycles. The van der Waals surface area contributed by atoms with Crippen LogP contribution in [0, 0.1) is 27.7 Å². The first-order chi connectivity index (χ1) is 45.5. The monoisotopic (exact) mass is 1380 g/mol. The summed E-state index contributed by atoms with van der Waals surface area (Å²) in [6.07, 6.45) is 18.0. The molecule has 0 amide bonds. The van der Waals surface area contributed by atoms with Gasteiger partial charge in [-0.05, 0) is 0 Å². The van der Waals surface area contributed by atoms with E-state index in [0.29, 0.717) is 0 Å². The molecule has 0 unspecified atom stereocenters. The van der Waals surface area contributed by atoms with Crippen LogP contribution in [-0.4, -0.2) is 43.4 Å². The van der Waals surface area contributed by atoms with Crippen molar-refractivity contribution in [1.29, 1.82) is 0 Å². The van der Waals surface area contributed by atoms with E-state index in [1.807, 2.05) is 0 Å². The van der Waals surface area contributed by atoms with E-state index < -0.39 is 18.4 Å². The molecule has 456 valence electrons. The van der Waals surface area contributed by atoms with Crippen LogP contribution < -0.4 is 14.3 Å². The second-order valence-electron chi connectivity index (χ2n) is 23.8. The van der Waals surface area contributed by atoms with E-state index in [-0.39, 0.29) is 0 Å². The Kier molecular flexibility index (Phi) is 21.1. The van der Waals surface area contributed by atoms with E-state index in [1.165, 1.54) is 145 Å². The predicted molar refractivity (Wildman–Crippen MR) is 416 cm³/mol. The molecule has 0 fully saturated rings. The standard InChI is InChI=1S/4C22H19S.Sn/c4*1-17-8-10-18(11-9-17)16-22(19-6-4-3-5-7-19)20-12-14-21(23-2)15-13-20;/h4*4-16H,1-2H3;. The van der Waals surface area contributed by atoms with E-state index in [9.17, 15) is 0 Å². The Balaban J connectivity index is 1.10. The number of hydrogen-bond acceptors (Lipinski definition) is 4. The third-order valence-corrected chi connectivity index (χ3v) is 34.3. The van der Waals surface area contributed by atoms with E-state index in [4.69, 9.17) is 0 Å². The number of hydrogen-bond donors (Lipinski definition) is 0. The zero-order valence-corrected chi connectivity index (χ0v) is 60.3. The number of benzene rings is 12. The molecule has 0 bridgehead atoms. The molecule has 0 aromatic heterocycles. The van der Waals surface area contributed by atoms with E-state index >= 15 is 0 Å². The van der Waals surface area contributed by atoms with Crippen LogP contribution in [0.5, 0.6) is 0 Å². The Labute approximate surface area is 573 Å². The second kappa shape index (κ2) is 30.3. The van der Waals surface area contributed by atoms with Crippen LogP contribution in [0.25, 0.3) is 46.6 Å². The summed E-state index contributed by atoms with van der Waals surface area (Å²) in [7, 11) is 0. The zero-order chi connectivity index (χ0) is 64.3. The topological polar surface area (TPSA) is 0 Å². The minimum atomic E-state index is -4.57. The van der Waals surface area contributed by atoms with Gasteiger partial charge in [0.25, 0.3) is 0 Å². The van der Waals surface area contributed by atoms with Gasteiger partial charge in [0.2, 0.25) is 0 Å². The predicted octanol–water partition coefficient (Wildman–Crippen LogP) is 21.5. The number of aryl methyl sites for hydroxylation is 4. The van der Waals surface area contributed by atoms with Gasteiger partial charge in [0, 0.05) is 0 Å². The summed E-state index contributed by atoms with van der Waals surface area (Å²) in [5, 5.41) is 0. The summed E-state index contributed by atoms with van der Waals surface area (Å²) in [5.74, 6) is 0. The molecule has 0 N–H and O–H groups in total. The van der Waals surface area contributed by atoms with E-state index in [1.54, 1.807) is 47.0 Å². The summed E-state index contributed by atoms with van der Waals surface area (Å²) >= 11 is 2.52. The van der Waals surface area contributed by atoms with Crippen molar-refractivity contribution >= 4 is 126 Å². The minimum absolute atomic E-state index is 1.17. The number of thioether (sulfide) groups is 4. The third kappa shape index (κ3) is 15.2. The van der Waals surface area contributed by atoms with Gasteiger partial charge in [-0.3, -0.25) is 0 Å². The van der Waals surface area contributed by atoms with E-state index in [0.717, 1.165) is 0 Å². The summed E-state index contributed by atoms with van der Waals surface area (Å²) in [5.41, 5.74) is 23.9. The van der Waals surface area contributed by atoms with Crippen molar-refractivity contribution in [2.75, 3.05) is 25.0 Å². The van der Waals surface area contributed by atoms with Gasteiger partial charge in [-0.2, -0.15) is 0 Å². The van der Waals surface area contributed by atoms with Gasteiger partial charge >= 0.3 is 579 Å². The van der Waals surface area contributed by atoms with Crippen LogP contribution in [0.1, 0.15) is 89.0 Å². The summed E-state index contributed by atoms with van der Waals surface area (Å²) in [6, 6.07) is 111. The molecule has 12 aromatic rings. The van der Waals surface area contributed by atoms with Crippen molar-refractivity contribution in [3.63, 3.8) is 0 Å². The molecule has 5 heteroatoms. The summed E-state index contributed by atoms with van der Waals surface area (Å²) in [6.45, 7) is 8.62. The average molecular weight is 1380 g/mol. The normalized spacial score (nSPS) is 12.8. The van der Waals surface area contributed by atoms with Crippen LogP contribution in [0.2, 0.25) is 0 Å². The molecule has 93 heavy (non-hydrogen) atoms. The fraction of sp³-hybridized carbons (Fsp3) is 0.0909. The van der Waals surface area contributed by atoms with Crippen molar-refractivity contribution < 1.29 is 0 Å². The van der Waals surface area contributed by atoms with Gasteiger partial charge in [-0.25, -0.2) is 0 Å². The first-order valence-corrected chi connectivity index (χ1v) is 42.2. The molecule has 0 aliphatic carbocycles. The third-order valence-electron chi connectivity index (χ3n) is 17.7. The maximum atomic E-state index is 2.49. The zero-order valence-electron chi connectivity index (χ0n) is 54.2. The summed E-state index contributed by atoms with van der Waals surface area (Å²) in [4.78, 5) is 4.98. The molecule has 0 aliphatic rings. The fourth-order valence-electron chi connectivity index (χ4n) is 12.3. The summed E-state index contributed by atoms with van der Waals surface area (Å²) < 4.78 is 5.46. The van der Waals surface area contributed by atoms with Gasteiger partial charge < -0.3 is 0 Å². The molecule has 12 aromatic carbocycles. The van der Waals surface area contributed by atoms with Crippen molar-refractivity contribution in [3.8, 4) is 0 Å². The van der Waals surface area contributed by atoms with Crippen LogP contribution in [0.15, 0.2) is 311 Å². The quantitative estimate of drug-likeness (QED) is 0.0423. The Morgan fingerprint density at radius 3 is 0.505 bits per heavy atom. The van der Waals surface area contributed by atoms with Gasteiger partial charge in [-0.15, -0.1) is 0 Å². The Morgan fingerprint density at radius 1 is 0.204 bits per heavy atom. The molecule has 0 saturated carbocycles. The van der Waals surface area contributed by atoms with E-state index in [2.05, 4.69) is 368 Å². The molecule has 0 saturated heterocycles. The van der Waals surface area contributed by atoms with Crippen LogP contribution in [0.3, 0.4) is 0 Å². The maximum absolute atomic E-state index is 4.57. The van der Waals surface area contributed by atoms with Crippen molar-refractivity contribution in [2.45, 2.75) is 47.3 Å². The van der Waals surface area contributed by atoms with Gasteiger partial charge in [0.15, 0.2) is 0 Å². The van der Waals surface area contributed by atoms with Crippen molar-refractivity contribution in [3.05, 3.63) is 380 Å². The molecule has 0 aliphatic heterocycles. The molecule has 0 radical (unpaired) electrons. The van der Waals surface area contributed by atoms with Crippen LogP contribution >= 0.6 is 47.0 Å². The molecule has 0 nitrogen and oxygen atoms in total. The van der Waals surface area contributed by atoms with Crippen LogP contribution in [-0.2, 0) is 0 Å². The number of rotatable bonds is 20. The van der Waals surface area contributed by atoms with Gasteiger partial charge in [-0.1, -0.05) is 0 Å². The SMILES string of the molecule is CSc1ccc(C(=Cc2ccc(C)cc2)c2cc[c]([Sn]([c]3ccc(C(=Cc4ccc(C)cc4)c4ccc(SC)cc4)cc3)([c]3ccc(C(=Cc4ccc(C)cc4)c4ccc(SC)cc4)cc3)[c]3ccc(C(=Cc4ccc(C)cc4)c4ccc(SC)cc4)cc3)cc2)cc1. The molecule has 12 rings (SSSR count). The molecular formula is C88H76S4Sn.